The van der Waals surface area contributed by atoms with Crippen molar-refractivity contribution < 1.29 is 9.90 Å². The van der Waals surface area contributed by atoms with E-state index in [2.05, 4.69) is 5.32 Å². The summed E-state index contributed by atoms with van der Waals surface area (Å²) in [4.78, 5) is 12.1. The normalized spacial score (nSPS) is 22.5. The number of hydrogen-bond acceptors (Lipinski definition) is 2. The van der Waals surface area contributed by atoms with Crippen molar-refractivity contribution in [2.75, 3.05) is 12.4 Å². The molecule has 2 N–H and O–H groups in total. The van der Waals surface area contributed by atoms with Crippen molar-refractivity contribution in [3.8, 4) is 5.75 Å². The van der Waals surface area contributed by atoms with Gasteiger partial charge < -0.3 is 10.4 Å². The van der Waals surface area contributed by atoms with Crippen molar-refractivity contribution >= 4 is 17.5 Å². The van der Waals surface area contributed by atoms with Crippen LogP contribution in [0, 0.1) is 18.8 Å². The number of aromatic hydroxyl groups is 1. The van der Waals surface area contributed by atoms with Gasteiger partial charge >= 0.3 is 0 Å². The highest BCUT2D eigenvalue weighted by molar-refractivity contribution is 6.18. The fraction of sp³-hybridized carbons (Fsp3) is 0.562. The number of aryl methyl sites for hydroxylation is 1. The summed E-state index contributed by atoms with van der Waals surface area (Å²) in [7, 11) is 0. The summed E-state index contributed by atoms with van der Waals surface area (Å²) in [6.45, 7) is 2.48. The summed E-state index contributed by atoms with van der Waals surface area (Å²) in [5.41, 5.74) is 1.31. The molecule has 0 radical (unpaired) electrons. The van der Waals surface area contributed by atoms with Crippen LogP contribution >= 0.6 is 11.6 Å². The van der Waals surface area contributed by atoms with Crippen molar-refractivity contribution in [2.24, 2.45) is 11.8 Å². The molecule has 1 aliphatic carbocycles. The van der Waals surface area contributed by atoms with Gasteiger partial charge in [0.15, 0.2) is 0 Å². The molecule has 1 fully saturated rings. The first kappa shape index (κ1) is 15.2. The van der Waals surface area contributed by atoms with Crippen LogP contribution in [0.15, 0.2) is 18.2 Å². The van der Waals surface area contributed by atoms with Crippen LogP contribution in [0.2, 0.25) is 0 Å². The Hall–Kier alpha value is -1.22. The van der Waals surface area contributed by atoms with Crippen LogP contribution < -0.4 is 5.32 Å². The summed E-state index contributed by atoms with van der Waals surface area (Å²) < 4.78 is 0. The molecule has 0 heterocycles. The highest BCUT2D eigenvalue weighted by Crippen LogP contribution is 2.30. The second-order valence-electron chi connectivity index (χ2n) is 5.67. The Labute approximate surface area is 125 Å². The summed E-state index contributed by atoms with van der Waals surface area (Å²) in [5.74, 6) is 1.83. The van der Waals surface area contributed by atoms with Gasteiger partial charge in [-0.3, -0.25) is 4.79 Å². The maximum absolute atomic E-state index is 12.1. The van der Waals surface area contributed by atoms with Gasteiger partial charge in [-0.15, -0.1) is 11.6 Å². The monoisotopic (exact) mass is 295 g/mol. The molecule has 1 saturated carbocycles. The average Bonchev–Trinajstić information content (AvgIpc) is 2.47. The van der Waals surface area contributed by atoms with Crippen molar-refractivity contribution in [3.63, 3.8) is 0 Å². The summed E-state index contributed by atoms with van der Waals surface area (Å²) in [6, 6.07) is 4.93. The quantitative estimate of drug-likeness (QED) is 0.836. The minimum Gasteiger partial charge on any atom is -0.508 e. The predicted molar refractivity (Wildman–Crippen MR) is 81.3 cm³/mol. The molecular weight excluding hydrogens is 274 g/mol. The van der Waals surface area contributed by atoms with Crippen molar-refractivity contribution in [2.45, 2.75) is 32.6 Å². The van der Waals surface area contributed by atoms with Crippen molar-refractivity contribution in [1.29, 1.82) is 0 Å². The van der Waals surface area contributed by atoms with E-state index in [1.54, 1.807) is 25.1 Å². The van der Waals surface area contributed by atoms with Gasteiger partial charge in [-0.1, -0.05) is 12.8 Å². The van der Waals surface area contributed by atoms with E-state index in [4.69, 9.17) is 11.6 Å². The fourth-order valence-electron chi connectivity index (χ4n) is 2.88. The van der Waals surface area contributed by atoms with E-state index in [1.165, 1.54) is 19.3 Å². The number of amides is 1. The third-order valence-corrected chi connectivity index (χ3v) is 4.64. The second-order valence-corrected chi connectivity index (χ2v) is 5.98. The molecule has 1 amide bonds. The van der Waals surface area contributed by atoms with Crippen LogP contribution in [0.1, 0.15) is 41.6 Å². The Morgan fingerprint density at radius 2 is 2.05 bits per heavy atom. The molecule has 2 atom stereocenters. The van der Waals surface area contributed by atoms with Gasteiger partial charge in [0.05, 0.1) is 0 Å². The average molecular weight is 296 g/mol. The van der Waals surface area contributed by atoms with E-state index in [-0.39, 0.29) is 11.7 Å². The number of nitrogens with one attached hydrogen (secondary N) is 1. The lowest BCUT2D eigenvalue weighted by Crippen LogP contribution is -2.34. The molecule has 0 aliphatic heterocycles. The Morgan fingerprint density at radius 3 is 2.70 bits per heavy atom. The second kappa shape index (κ2) is 6.98. The topological polar surface area (TPSA) is 49.3 Å². The minimum absolute atomic E-state index is 0.0769. The molecule has 110 valence electrons. The standard InChI is InChI=1S/C16H22ClNO2/c1-11-8-12(6-7-15(11)19)16(20)18-10-14-5-3-2-4-13(14)9-17/h6-8,13-14,19H,2-5,9-10H2,1H3,(H,18,20). The first-order valence-electron chi connectivity index (χ1n) is 7.25. The Balaban J connectivity index is 1.92. The van der Waals surface area contributed by atoms with Crippen LogP contribution in [-0.4, -0.2) is 23.4 Å². The molecular formula is C16H22ClNO2. The highest BCUT2D eigenvalue weighted by atomic mass is 35.5. The van der Waals surface area contributed by atoms with E-state index >= 15 is 0 Å². The third kappa shape index (κ3) is 3.66. The zero-order chi connectivity index (χ0) is 14.5. The van der Waals surface area contributed by atoms with Gasteiger partial charge in [0, 0.05) is 18.0 Å². The molecule has 3 nitrogen and oxygen atoms in total. The van der Waals surface area contributed by atoms with E-state index in [1.807, 2.05) is 0 Å². The fourth-order valence-corrected chi connectivity index (χ4v) is 3.29. The van der Waals surface area contributed by atoms with Gasteiger partial charge in [-0.25, -0.2) is 0 Å². The van der Waals surface area contributed by atoms with Crippen LogP contribution in [0.3, 0.4) is 0 Å². The predicted octanol–water partition coefficient (Wildman–Crippen LogP) is 3.48. The SMILES string of the molecule is Cc1cc(C(=O)NCC2CCCCC2CCl)ccc1O. The molecule has 20 heavy (non-hydrogen) atoms. The maximum Gasteiger partial charge on any atom is 0.251 e. The summed E-state index contributed by atoms with van der Waals surface area (Å²) in [5, 5.41) is 12.5. The van der Waals surface area contributed by atoms with Crippen LogP contribution in [0.4, 0.5) is 0 Å². The van der Waals surface area contributed by atoms with Gasteiger partial charge in [0.1, 0.15) is 5.75 Å². The number of phenolic OH excluding ortho intramolecular Hbond substituents is 1. The first-order valence-corrected chi connectivity index (χ1v) is 7.79. The molecule has 1 aromatic carbocycles. The lowest BCUT2D eigenvalue weighted by molar-refractivity contribution is 0.0936. The lowest BCUT2D eigenvalue weighted by Gasteiger charge is -2.30. The van der Waals surface area contributed by atoms with E-state index < -0.39 is 0 Å². The number of benzene rings is 1. The maximum atomic E-state index is 12.1. The largest absolute Gasteiger partial charge is 0.508 e. The van der Waals surface area contributed by atoms with E-state index in [0.29, 0.717) is 35.4 Å². The summed E-state index contributed by atoms with van der Waals surface area (Å²) >= 11 is 6.01. The molecule has 1 aliphatic rings. The molecule has 0 saturated heterocycles. The van der Waals surface area contributed by atoms with Gasteiger partial charge in [-0.05, 0) is 55.4 Å². The molecule has 0 aromatic heterocycles. The molecule has 2 unspecified atom stereocenters. The Bertz CT molecular complexity index is 476. The number of phenols is 1. The number of alkyl halides is 1. The van der Waals surface area contributed by atoms with Gasteiger partial charge in [0.2, 0.25) is 0 Å². The Morgan fingerprint density at radius 1 is 1.35 bits per heavy atom. The zero-order valence-electron chi connectivity index (χ0n) is 11.9. The molecule has 0 bridgehead atoms. The van der Waals surface area contributed by atoms with Crippen LogP contribution in [0.25, 0.3) is 0 Å². The highest BCUT2D eigenvalue weighted by Gasteiger charge is 2.24. The van der Waals surface area contributed by atoms with Gasteiger partial charge in [-0.2, -0.15) is 0 Å². The van der Waals surface area contributed by atoms with Gasteiger partial charge in [0.25, 0.3) is 5.91 Å². The van der Waals surface area contributed by atoms with E-state index in [0.717, 1.165) is 6.42 Å². The first-order chi connectivity index (χ1) is 9.61. The number of halogens is 1. The van der Waals surface area contributed by atoms with Crippen LogP contribution in [0.5, 0.6) is 5.75 Å². The number of rotatable bonds is 4. The smallest absolute Gasteiger partial charge is 0.251 e. The third-order valence-electron chi connectivity index (χ3n) is 4.25. The molecule has 4 heteroatoms. The number of hydrogen-bond donors (Lipinski definition) is 2. The zero-order valence-corrected chi connectivity index (χ0v) is 12.6. The molecule has 0 spiro atoms. The summed E-state index contributed by atoms with van der Waals surface area (Å²) in [6.07, 6.45) is 4.79. The minimum atomic E-state index is -0.0769. The molecule has 2 rings (SSSR count). The van der Waals surface area contributed by atoms with Crippen LogP contribution in [-0.2, 0) is 0 Å². The molecule has 1 aromatic rings. The van der Waals surface area contributed by atoms with Crippen molar-refractivity contribution in [1.82, 2.24) is 5.32 Å². The van der Waals surface area contributed by atoms with E-state index in [9.17, 15) is 9.90 Å². The lowest BCUT2D eigenvalue weighted by atomic mass is 9.80. The number of carbonyl (C=O) groups excluding carboxylic acids is 1. The number of carbonyl (C=O) groups is 1. The van der Waals surface area contributed by atoms with Crippen molar-refractivity contribution in [3.05, 3.63) is 29.3 Å². The Kier molecular flexibility index (Phi) is 5.30.